The summed E-state index contributed by atoms with van der Waals surface area (Å²) in [6.45, 7) is 9.71. The monoisotopic (exact) mass is 564 g/mol. The fourth-order valence-corrected chi connectivity index (χ4v) is 3.76. The molecule has 0 bridgehead atoms. The van der Waals surface area contributed by atoms with Gasteiger partial charge in [0.15, 0.2) is 0 Å². The van der Waals surface area contributed by atoms with E-state index in [-0.39, 0.29) is 30.5 Å². The molecule has 3 N–H and O–H groups in total. The van der Waals surface area contributed by atoms with E-state index in [2.05, 4.69) is 35.3 Å². The maximum absolute atomic E-state index is 13.3. The standard InChI is InChI=1S/C32H35F3N4O2/c1-22(30(41-21-25-15-16-25)28-14-7-8-17-37-28)10-5-6-11-24(3)38-31(40)29(18-23(2)32(33,34)35)39(4)27-13-9-12-26(19-27)20-36/h7-10,12-14,17-19,25,30H,2-3,11,15-16,20-21,36H2,1,4H3,(H,38,40)/b22-10+,29-18-. The van der Waals surface area contributed by atoms with E-state index in [4.69, 9.17) is 10.5 Å². The summed E-state index contributed by atoms with van der Waals surface area (Å²) in [5.74, 6) is 5.68. The Bertz CT molecular complexity index is 1370. The number of hydrogen-bond acceptors (Lipinski definition) is 5. The molecule has 1 aliphatic rings. The molecule has 1 amide bonds. The molecule has 1 saturated carbocycles. The van der Waals surface area contributed by atoms with Crippen molar-refractivity contribution in [2.24, 2.45) is 11.7 Å². The first kappa shape index (κ1) is 31.4. The summed E-state index contributed by atoms with van der Waals surface area (Å²) in [6.07, 6.45) is 1.56. The third kappa shape index (κ3) is 9.78. The number of amides is 1. The number of nitrogens with one attached hydrogen (secondary N) is 1. The quantitative estimate of drug-likeness (QED) is 0.185. The largest absolute Gasteiger partial charge is 0.415 e. The van der Waals surface area contributed by atoms with Gasteiger partial charge in [-0.15, -0.1) is 0 Å². The molecule has 1 fully saturated rings. The third-order valence-corrected chi connectivity index (χ3v) is 6.36. The number of benzene rings is 1. The first-order valence-corrected chi connectivity index (χ1v) is 13.2. The highest BCUT2D eigenvalue weighted by Crippen LogP contribution is 2.33. The second kappa shape index (κ2) is 14.5. The Labute approximate surface area is 239 Å². The molecule has 1 aromatic carbocycles. The van der Waals surface area contributed by atoms with Gasteiger partial charge in [-0.05, 0) is 73.2 Å². The second-order valence-electron chi connectivity index (χ2n) is 9.84. The lowest BCUT2D eigenvalue weighted by Gasteiger charge is -2.24. The van der Waals surface area contributed by atoms with Gasteiger partial charge in [0, 0.05) is 37.6 Å². The van der Waals surface area contributed by atoms with Gasteiger partial charge in [0.25, 0.3) is 5.91 Å². The molecule has 6 nitrogen and oxygen atoms in total. The van der Waals surface area contributed by atoms with Crippen molar-refractivity contribution in [2.75, 3.05) is 18.6 Å². The number of hydrogen-bond donors (Lipinski definition) is 2. The summed E-state index contributed by atoms with van der Waals surface area (Å²) >= 11 is 0. The van der Waals surface area contributed by atoms with E-state index in [0.717, 1.165) is 16.8 Å². The number of nitrogens with two attached hydrogens (primary N) is 1. The zero-order valence-corrected chi connectivity index (χ0v) is 23.3. The van der Waals surface area contributed by atoms with Crippen LogP contribution in [0.4, 0.5) is 18.9 Å². The predicted octanol–water partition coefficient (Wildman–Crippen LogP) is 6.12. The molecule has 1 aliphatic carbocycles. The van der Waals surface area contributed by atoms with E-state index >= 15 is 0 Å². The maximum atomic E-state index is 13.3. The predicted molar refractivity (Wildman–Crippen MR) is 155 cm³/mol. The minimum absolute atomic E-state index is 0.0899. The topological polar surface area (TPSA) is 80.5 Å². The molecule has 0 aliphatic heterocycles. The molecule has 0 radical (unpaired) electrons. The van der Waals surface area contributed by atoms with E-state index in [1.54, 1.807) is 36.5 Å². The van der Waals surface area contributed by atoms with Crippen LogP contribution in [0.5, 0.6) is 0 Å². The Morgan fingerprint density at radius 1 is 1.27 bits per heavy atom. The van der Waals surface area contributed by atoms with E-state index in [0.29, 0.717) is 24.3 Å². The van der Waals surface area contributed by atoms with Crippen molar-refractivity contribution in [3.05, 3.63) is 108 Å². The Morgan fingerprint density at radius 3 is 2.66 bits per heavy atom. The van der Waals surface area contributed by atoms with Gasteiger partial charge in [0.05, 0.1) is 17.9 Å². The summed E-state index contributed by atoms with van der Waals surface area (Å²) in [6, 6.07) is 12.5. The van der Waals surface area contributed by atoms with Gasteiger partial charge in [-0.25, -0.2) is 0 Å². The van der Waals surface area contributed by atoms with Crippen molar-refractivity contribution in [1.29, 1.82) is 0 Å². The van der Waals surface area contributed by atoms with Crippen LogP contribution in [0.15, 0.2) is 96.5 Å². The Morgan fingerprint density at radius 2 is 2.02 bits per heavy atom. The summed E-state index contributed by atoms with van der Waals surface area (Å²) in [4.78, 5) is 18.9. The number of nitrogens with zero attached hydrogens (tertiary/aromatic N) is 2. The number of halogens is 3. The SMILES string of the molecule is C=C(CC#C/C=C(\C)C(OCC1CC1)c1ccccn1)NC(=O)/C(=C/C(=C)C(F)(F)F)N(C)c1cccc(CN)c1. The van der Waals surface area contributed by atoms with Crippen LogP contribution in [0.3, 0.4) is 0 Å². The van der Waals surface area contributed by atoms with Crippen LogP contribution >= 0.6 is 0 Å². The molecular weight excluding hydrogens is 529 g/mol. The highest BCUT2D eigenvalue weighted by Gasteiger charge is 2.32. The van der Waals surface area contributed by atoms with Crippen LogP contribution in [0.25, 0.3) is 0 Å². The van der Waals surface area contributed by atoms with Gasteiger partial charge in [0.1, 0.15) is 11.8 Å². The number of ether oxygens (including phenoxy) is 1. The molecule has 216 valence electrons. The number of carbonyl (C=O) groups excluding carboxylic acids is 1. The smallest absolute Gasteiger partial charge is 0.367 e. The van der Waals surface area contributed by atoms with E-state index in [9.17, 15) is 18.0 Å². The van der Waals surface area contributed by atoms with Gasteiger partial charge in [0.2, 0.25) is 0 Å². The van der Waals surface area contributed by atoms with E-state index in [1.807, 2.05) is 25.1 Å². The Balaban J connectivity index is 1.70. The number of alkyl halides is 3. The van der Waals surface area contributed by atoms with Gasteiger partial charge in [-0.2, -0.15) is 13.2 Å². The highest BCUT2D eigenvalue weighted by molar-refractivity contribution is 5.98. The molecular formula is C32H35F3N4O2. The fourth-order valence-electron chi connectivity index (χ4n) is 3.76. The van der Waals surface area contributed by atoms with Crippen molar-refractivity contribution < 1.29 is 22.7 Å². The molecule has 0 saturated heterocycles. The van der Waals surface area contributed by atoms with Gasteiger partial charge >= 0.3 is 6.18 Å². The molecule has 2 aromatic rings. The molecule has 41 heavy (non-hydrogen) atoms. The van der Waals surface area contributed by atoms with E-state index in [1.165, 1.54) is 24.8 Å². The summed E-state index contributed by atoms with van der Waals surface area (Å²) in [5, 5.41) is 2.56. The lowest BCUT2D eigenvalue weighted by Crippen LogP contribution is -2.33. The molecule has 1 unspecified atom stereocenters. The highest BCUT2D eigenvalue weighted by atomic mass is 19.4. The van der Waals surface area contributed by atoms with Crippen molar-refractivity contribution >= 4 is 11.6 Å². The van der Waals surface area contributed by atoms with Crippen molar-refractivity contribution in [3.63, 3.8) is 0 Å². The number of aromatic nitrogens is 1. The van der Waals surface area contributed by atoms with Crippen LogP contribution < -0.4 is 16.0 Å². The first-order valence-electron chi connectivity index (χ1n) is 13.2. The molecule has 3 rings (SSSR count). The first-order chi connectivity index (χ1) is 19.5. The summed E-state index contributed by atoms with van der Waals surface area (Å²) in [7, 11) is 1.49. The van der Waals surface area contributed by atoms with Gasteiger partial charge in [-0.1, -0.05) is 43.2 Å². The van der Waals surface area contributed by atoms with E-state index < -0.39 is 17.7 Å². The van der Waals surface area contributed by atoms with Crippen LogP contribution in [-0.2, 0) is 16.1 Å². The summed E-state index contributed by atoms with van der Waals surface area (Å²) in [5.41, 5.74) is 7.41. The molecule has 1 heterocycles. The minimum atomic E-state index is -4.70. The van der Waals surface area contributed by atoms with Crippen LogP contribution in [0, 0.1) is 17.8 Å². The van der Waals surface area contributed by atoms with Gasteiger partial charge in [-0.3, -0.25) is 9.78 Å². The maximum Gasteiger partial charge on any atom is 0.415 e. The van der Waals surface area contributed by atoms with Gasteiger partial charge < -0.3 is 20.7 Å². The number of pyridine rings is 1. The Kier molecular flexibility index (Phi) is 11.1. The molecule has 0 spiro atoms. The van der Waals surface area contributed by atoms with Crippen molar-refractivity contribution in [1.82, 2.24) is 10.3 Å². The number of anilines is 1. The summed E-state index contributed by atoms with van der Waals surface area (Å²) < 4.78 is 46.0. The third-order valence-electron chi connectivity index (χ3n) is 6.36. The normalized spacial score (nSPS) is 14.5. The lowest BCUT2D eigenvalue weighted by molar-refractivity contribution is -0.116. The number of rotatable bonds is 12. The molecule has 1 atom stereocenters. The zero-order valence-electron chi connectivity index (χ0n) is 23.3. The van der Waals surface area contributed by atoms with Crippen LogP contribution in [0.1, 0.15) is 43.5 Å². The Hall–Kier alpha value is -4.13. The average molecular weight is 565 g/mol. The second-order valence-corrected chi connectivity index (χ2v) is 9.84. The lowest BCUT2D eigenvalue weighted by atomic mass is 10.1. The molecule has 9 heteroatoms. The average Bonchev–Trinajstić information content (AvgIpc) is 3.78. The minimum Gasteiger partial charge on any atom is -0.367 e. The fraction of sp³-hybridized carbons (Fsp3) is 0.312. The van der Waals surface area contributed by atoms with Crippen molar-refractivity contribution in [3.8, 4) is 11.8 Å². The van der Waals surface area contributed by atoms with Crippen molar-refractivity contribution in [2.45, 2.75) is 45.0 Å². The zero-order chi connectivity index (χ0) is 30.0. The van der Waals surface area contributed by atoms with Crippen LogP contribution in [0.2, 0.25) is 0 Å². The number of carbonyl (C=O) groups is 1. The number of likely N-dealkylation sites (N-methyl/N-ethyl adjacent to an activating group) is 1. The molecule has 1 aromatic heterocycles. The number of allylic oxidation sites excluding steroid dienone is 4. The van der Waals surface area contributed by atoms with Crippen LogP contribution in [-0.4, -0.2) is 30.7 Å².